The second-order valence-corrected chi connectivity index (χ2v) is 5.25. The number of benzene rings is 1. The zero-order valence-corrected chi connectivity index (χ0v) is 12.0. The summed E-state index contributed by atoms with van der Waals surface area (Å²) < 4.78 is -1.46. The van der Waals surface area contributed by atoms with Gasteiger partial charge in [-0.15, -0.1) is 0 Å². The third-order valence-corrected chi connectivity index (χ3v) is 3.86. The number of carboxylic acid groups (broad SMARTS) is 1. The van der Waals surface area contributed by atoms with Crippen LogP contribution in [0.15, 0.2) is 36.4 Å². The van der Waals surface area contributed by atoms with E-state index < -0.39 is 46.7 Å². The Hall–Kier alpha value is -3.17. The molecule has 1 N–H and O–H groups in total. The van der Waals surface area contributed by atoms with E-state index >= 15 is 0 Å². The molecular formula is C15H10N2O7. The average molecular weight is 330 g/mol. The van der Waals surface area contributed by atoms with E-state index in [4.69, 9.17) is 0 Å². The van der Waals surface area contributed by atoms with Gasteiger partial charge in [0, 0.05) is 17.7 Å². The molecule has 0 spiro atoms. The van der Waals surface area contributed by atoms with Crippen LogP contribution in [0.2, 0.25) is 0 Å². The fraction of sp³-hybridized carbons (Fsp3) is 0.133. The Morgan fingerprint density at radius 1 is 1.17 bits per heavy atom. The number of amides is 4. The molecule has 0 bridgehead atoms. The van der Waals surface area contributed by atoms with E-state index in [9.17, 15) is 34.2 Å². The quantitative estimate of drug-likeness (QED) is 0.501. The molecule has 3 rings (SSSR count). The molecule has 0 saturated carbocycles. The molecule has 122 valence electrons. The number of imide groups is 2. The van der Waals surface area contributed by atoms with Gasteiger partial charge >= 0.3 is 17.7 Å². The van der Waals surface area contributed by atoms with Crippen LogP contribution in [0, 0.1) is 0 Å². The van der Waals surface area contributed by atoms with Gasteiger partial charge < -0.3 is 15.0 Å². The fourth-order valence-electron chi connectivity index (χ4n) is 2.79. The normalized spacial score (nSPS) is 22.5. The van der Waals surface area contributed by atoms with Crippen molar-refractivity contribution >= 4 is 35.3 Å². The molecule has 24 heavy (non-hydrogen) atoms. The van der Waals surface area contributed by atoms with Gasteiger partial charge in [-0.3, -0.25) is 9.59 Å². The lowest BCUT2D eigenvalue weighted by atomic mass is 10.2. The third kappa shape index (κ3) is 1.92. The molecule has 1 fully saturated rings. The topological polar surface area (TPSA) is 132 Å². The van der Waals surface area contributed by atoms with Crippen molar-refractivity contribution in [2.75, 3.05) is 0 Å². The van der Waals surface area contributed by atoms with Crippen molar-refractivity contribution in [2.45, 2.75) is 12.5 Å². The van der Waals surface area contributed by atoms with Gasteiger partial charge in [0.25, 0.3) is 5.91 Å². The van der Waals surface area contributed by atoms with Gasteiger partial charge in [-0.2, -0.15) is 0 Å². The lowest BCUT2D eigenvalue weighted by molar-refractivity contribution is -0.255. The largest absolute Gasteiger partial charge is 0.545 e. The molecule has 9 heteroatoms. The summed E-state index contributed by atoms with van der Waals surface area (Å²) in [4.78, 5) is 60.2. The SMILES string of the molecule is O=C([O-])c1cccc([N+]2(N3C(=O)CC(O)C3=O)C(=O)C=CC2=O)c1. The van der Waals surface area contributed by atoms with Gasteiger partial charge in [0.05, 0.1) is 24.5 Å². The van der Waals surface area contributed by atoms with Crippen molar-refractivity contribution in [2.24, 2.45) is 0 Å². The molecule has 0 radical (unpaired) electrons. The lowest BCUT2D eigenvalue weighted by Gasteiger charge is -2.33. The van der Waals surface area contributed by atoms with Crippen LogP contribution in [0.25, 0.3) is 0 Å². The van der Waals surface area contributed by atoms with Crippen molar-refractivity contribution in [1.29, 1.82) is 0 Å². The monoisotopic (exact) mass is 330 g/mol. The van der Waals surface area contributed by atoms with Crippen LogP contribution in [0.3, 0.4) is 0 Å². The molecule has 0 aliphatic carbocycles. The van der Waals surface area contributed by atoms with Crippen LogP contribution in [-0.2, 0) is 19.2 Å². The highest BCUT2D eigenvalue weighted by atomic mass is 16.4. The maximum absolute atomic E-state index is 12.4. The zero-order valence-electron chi connectivity index (χ0n) is 12.0. The van der Waals surface area contributed by atoms with Crippen molar-refractivity contribution in [3.63, 3.8) is 0 Å². The minimum atomic E-state index is -1.67. The van der Waals surface area contributed by atoms with Crippen LogP contribution < -0.4 is 9.70 Å². The fourth-order valence-corrected chi connectivity index (χ4v) is 2.79. The number of rotatable bonds is 3. The Morgan fingerprint density at radius 2 is 1.79 bits per heavy atom. The number of quaternary nitrogens is 1. The van der Waals surface area contributed by atoms with Gasteiger partial charge in [-0.05, 0) is 4.59 Å². The Balaban J connectivity index is 2.26. The highest BCUT2D eigenvalue weighted by Gasteiger charge is 2.62. The molecule has 1 aromatic carbocycles. The number of carbonyl (C=O) groups excluding carboxylic acids is 5. The summed E-state index contributed by atoms with van der Waals surface area (Å²) in [5.41, 5.74) is -0.551. The summed E-state index contributed by atoms with van der Waals surface area (Å²) >= 11 is 0. The van der Waals surface area contributed by atoms with Gasteiger partial charge in [0.2, 0.25) is 0 Å². The average Bonchev–Trinajstić information content (AvgIpc) is 2.97. The molecule has 2 heterocycles. The molecular weight excluding hydrogens is 320 g/mol. The van der Waals surface area contributed by atoms with Crippen LogP contribution in [0.5, 0.6) is 0 Å². The predicted molar refractivity (Wildman–Crippen MR) is 74.2 cm³/mol. The Labute approximate surface area is 134 Å². The van der Waals surface area contributed by atoms with E-state index in [0.717, 1.165) is 18.2 Å². The van der Waals surface area contributed by atoms with E-state index in [1.807, 2.05) is 0 Å². The second-order valence-electron chi connectivity index (χ2n) is 5.25. The Kier molecular flexibility index (Phi) is 3.39. The van der Waals surface area contributed by atoms with Gasteiger partial charge in [-0.1, -0.05) is 17.1 Å². The number of aliphatic hydroxyl groups is 1. The zero-order chi connectivity index (χ0) is 17.6. The molecule has 0 aromatic heterocycles. The minimum absolute atomic E-state index is 0.215. The highest BCUT2D eigenvalue weighted by molar-refractivity contribution is 6.26. The van der Waals surface area contributed by atoms with Crippen molar-refractivity contribution in [3.05, 3.63) is 42.0 Å². The van der Waals surface area contributed by atoms with Gasteiger partial charge in [-0.25, -0.2) is 9.59 Å². The predicted octanol–water partition coefficient (Wildman–Crippen LogP) is -1.98. The third-order valence-electron chi connectivity index (χ3n) is 3.86. The number of hydrogen-bond donors (Lipinski definition) is 1. The van der Waals surface area contributed by atoms with Crippen LogP contribution in [0.1, 0.15) is 16.8 Å². The van der Waals surface area contributed by atoms with Crippen molar-refractivity contribution in [3.8, 4) is 0 Å². The second kappa shape index (κ2) is 5.18. The Bertz CT molecular complexity index is 824. The number of nitrogens with zero attached hydrogens (tertiary/aromatic N) is 2. The van der Waals surface area contributed by atoms with Gasteiger partial charge in [0.1, 0.15) is 6.10 Å². The summed E-state index contributed by atoms with van der Waals surface area (Å²) in [6.07, 6.45) is -0.462. The molecule has 2 aliphatic rings. The number of carbonyl (C=O) groups is 5. The minimum Gasteiger partial charge on any atom is -0.545 e. The van der Waals surface area contributed by atoms with Crippen molar-refractivity contribution < 1.29 is 34.2 Å². The Morgan fingerprint density at radius 3 is 2.29 bits per heavy atom. The molecule has 1 unspecified atom stereocenters. The summed E-state index contributed by atoms with van der Waals surface area (Å²) in [6.45, 7) is 0. The maximum atomic E-state index is 12.4. The van der Waals surface area contributed by atoms with Crippen LogP contribution in [-0.4, -0.2) is 45.8 Å². The maximum Gasteiger partial charge on any atom is 0.377 e. The van der Waals surface area contributed by atoms with Crippen LogP contribution in [0.4, 0.5) is 5.69 Å². The summed E-state index contributed by atoms with van der Waals surface area (Å²) in [7, 11) is 0. The van der Waals surface area contributed by atoms with E-state index in [0.29, 0.717) is 5.01 Å². The summed E-state index contributed by atoms with van der Waals surface area (Å²) in [5.74, 6) is -5.43. The molecule has 2 aliphatic heterocycles. The van der Waals surface area contributed by atoms with E-state index in [2.05, 4.69) is 0 Å². The molecule has 1 aromatic rings. The smallest absolute Gasteiger partial charge is 0.377 e. The molecule has 1 saturated heterocycles. The number of carboxylic acids is 1. The summed E-state index contributed by atoms with van der Waals surface area (Å²) in [5, 5.41) is 21.0. The first-order chi connectivity index (χ1) is 11.3. The lowest BCUT2D eigenvalue weighted by Crippen LogP contribution is -2.67. The number of hydrogen-bond acceptors (Lipinski definition) is 7. The summed E-state index contributed by atoms with van der Waals surface area (Å²) in [6, 6.07) is 4.64. The first-order valence-corrected chi connectivity index (χ1v) is 6.83. The first-order valence-electron chi connectivity index (χ1n) is 6.83. The highest BCUT2D eigenvalue weighted by Crippen LogP contribution is 2.35. The first kappa shape index (κ1) is 15.7. The molecule has 9 nitrogen and oxygen atoms in total. The van der Waals surface area contributed by atoms with E-state index in [1.54, 1.807) is 0 Å². The number of aliphatic hydroxyl groups excluding tert-OH is 1. The molecule has 4 amide bonds. The van der Waals surface area contributed by atoms with E-state index in [1.165, 1.54) is 18.2 Å². The van der Waals surface area contributed by atoms with Crippen molar-refractivity contribution in [1.82, 2.24) is 9.60 Å². The van der Waals surface area contributed by atoms with Crippen LogP contribution >= 0.6 is 0 Å². The van der Waals surface area contributed by atoms with E-state index in [-0.39, 0.29) is 11.3 Å². The standard InChI is InChI=1S/C15H10N2O7/c18-10-7-11(19)16(14(10)22)17(12(20)4-5-13(17)21)9-3-1-2-8(6-9)15(23)24/h1-6,10,18H,7H2. The molecule has 1 atom stereocenters. The number of aromatic carboxylic acids is 1. The van der Waals surface area contributed by atoms with Gasteiger partial charge in [0.15, 0.2) is 5.69 Å².